The number of benzene rings is 1. The van der Waals surface area contributed by atoms with Gasteiger partial charge in [-0.05, 0) is 12.5 Å². The molecule has 1 unspecified atom stereocenters. The number of aromatic nitrogens is 5. The molecular weight excluding hydrogens is 346 g/mol. The quantitative estimate of drug-likeness (QED) is 0.601. The number of H-pyrrole nitrogens is 1. The zero-order valence-corrected chi connectivity index (χ0v) is 14.8. The van der Waals surface area contributed by atoms with Crippen molar-refractivity contribution in [3.05, 3.63) is 75.6 Å². The van der Waals surface area contributed by atoms with Crippen molar-refractivity contribution in [3.63, 3.8) is 0 Å². The normalized spacial score (nSPS) is 18.8. The van der Waals surface area contributed by atoms with Crippen molar-refractivity contribution in [3.8, 4) is 11.6 Å². The number of nitrogens with zero attached hydrogens (tertiary/aromatic N) is 4. The van der Waals surface area contributed by atoms with Gasteiger partial charge in [-0.15, -0.1) is 11.3 Å². The van der Waals surface area contributed by atoms with Crippen molar-refractivity contribution in [1.82, 2.24) is 25.3 Å². The highest BCUT2D eigenvalue weighted by atomic mass is 32.1. The number of fused-ring (bicyclic) bond motifs is 1. The number of rotatable bonds is 3. The van der Waals surface area contributed by atoms with Crippen LogP contribution in [0, 0.1) is 6.92 Å². The fraction of sp³-hybridized carbons (Fsp3) is 0.158. The second-order valence-corrected chi connectivity index (χ2v) is 7.21. The van der Waals surface area contributed by atoms with E-state index >= 15 is 0 Å². The van der Waals surface area contributed by atoms with Gasteiger partial charge in [0.25, 0.3) is 5.89 Å². The number of hydrogen-bond acceptors (Lipinski definition) is 6. The molecule has 0 saturated carbocycles. The Bertz CT molecular complexity index is 1080. The molecule has 4 aromatic rings. The van der Waals surface area contributed by atoms with E-state index in [0.29, 0.717) is 17.4 Å². The Balaban J connectivity index is 1.65. The smallest absolute Gasteiger partial charge is 0.279 e. The molecule has 0 amide bonds. The molecule has 1 aliphatic rings. The molecule has 26 heavy (non-hydrogen) atoms. The zero-order chi connectivity index (χ0) is 17.6. The maximum Gasteiger partial charge on any atom is 0.279 e. The van der Waals surface area contributed by atoms with Crippen LogP contribution in [0.4, 0.5) is 0 Å². The van der Waals surface area contributed by atoms with Crippen LogP contribution in [0.5, 0.6) is 0 Å². The lowest BCUT2D eigenvalue weighted by molar-refractivity contribution is 0.424. The van der Waals surface area contributed by atoms with E-state index in [9.17, 15) is 0 Å². The Morgan fingerprint density at radius 2 is 2.12 bits per heavy atom. The van der Waals surface area contributed by atoms with E-state index in [-0.39, 0.29) is 5.41 Å². The summed E-state index contributed by atoms with van der Waals surface area (Å²) in [5.41, 5.74) is 5.60. The molecule has 6 nitrogen and oxygen atoms in total. The summed E-state index contributed by atoms with van der Waals surface area (Å²) in [6.45, 7) is 1.80. The van der Waals surface area contributed by atoms with E-state index in [2.05, 4.69) is 61.7 Å². The van der Waals surface area contributed by atoms with Gasteiger partial charge in [-0.1, -0.05) is 47.6 Å². The van der Waals surface area contributed by atoms with Crippen LogP contribution in [-0.2, 0) is 11.8 Å². The molecule has 0 spiro atoms. The minimum absolute atomic E-state index is 0.260. The van der Waals surface area contributed by atoms with Crippen LogP contribution in [0.2, 0.25) is 0 Å². The third-order valence-electron chi connectivity index (χ3n) is 4.76. The minimum Gasteiger partial charge on any atom is -0.332 e. The summed E-state index contributed by atoms with van der Waals surface area (Å²) < 4.78 is 5.30. The number of aryl methyl sites for hydroxylation is 1. The molecular formula is C19H15N5OS. The number of hydrogen-bond donors (Lipinski definition) is 1. The van der Waals surface area contributed by atoms with Crippen LogP contribution in [0.1, 0.15) is 27.5 Å². The van der Waals surface area contributed by atoms with Gasteiger partial charge in [-0.25, -0.2) is 0 Å². The Morgan fingerprint density at radius 3 is 2.85 bits per heavy atom. The second kappa shape index (κ2) is 5.74. The molecule has 1 aliphatic carbocycles. The topological polar surface area (TPSA) is 80.5 Å². The SMILES string of the molecule is Cc1noc(-c2n[nH]c3c2C=CC(c2ccccc2)(c2cncs2)C3)n1. The van der Waals surface area contributed by atoms with E-state index in [1.54, 1.807) is 18.3 Å². The minimum atomic E-state index is -0.260. The first-order valence-electron chi connectivity index (χ1n) is 8.28. The van der Waals surface area contributed by atoms with Gasteiger partial charge in [0.2, 0.25) is 0 Å². The van der Waals surface area contributed by atoms with Crippen LogP contribution in [-0.4, -0.2) is 25.3 Å². The summed E-state index contributed by atoms with van der Waals surface area (Å²) in [7, 11) is 0. The number of allylic oxidation sites excluding steroid dienone is 1. The Kier molecular flexibility index (Phi) is 3.36. The molecule has 0 aliphatic heterocycles. The van der Waals surface area contributed by atoms with Gasteiger partial charge < -0.3 is 4.52 Å². The van der Waals surface area contributed by atoms with Gasteiger partial charge in [-0.2, -0.15) is 10.1 Å². The van der Waals surface area contributed by atoms with Crippen molar-refractivity contribution >= 4 is 17.4 Å². The van der Waals surface area contributed by atoms with Crippen molar-refractivity contribution in [2.45, 2.75) is 18.8 Å². The van der Waals surface area contributed by atoms with Crippen molar-refractivity contribution in [2.75, 3.05) is 0 Å². The molecule has 0 bridgehead atoms. The highest BCUT2D eigenvalue weighted by Crippen LogP contribution is 2.43. The Morgan fingerprint density at radius 1 is 1.23 bits per heavy atom. The van der Waals surface area contributed by atoms with Gasteiger partial charge in [0.05, 0.1) is 10.9 Å². The second-order valence-electron chi connectivity index (χ2n) is 6.32. The molecule has 1 N–H and O–H groups in total. The summed E-state index contributed by atoms with van der Waals surface area (Å²) in [6, 6.07) is 10.5. The summed E-state index contributed by atoms with van der Waals surface area (Å²) in [5.74, 6) is 1.04. The van der Waals surface area contributed by atoms with Crippen LogP contribution in [0.25, 0.3) is 17.7 Å². The molecule has 128 valence electrons. The fourth-order valence-electron chi connectivity index (χ4n) is 3.50. The van der Waals surface area contributed by atoms with Crippen molar-refractivity contribution < 1.29 is 4.52 Å². The number of nitrogens with one attached hydrogen (secondary N) is 1. The highest BCUT2D eigenvalue weighted by molar-refractivity contribution is 7.09. The Labute approximate surface area is 153 Å². The molecule has 3 aromatic heterocycles. The molecule has 0 radical (unpaired) electrons. The summed E-state index contributed by atoms with van der Waals surface area (Å²) in [4.78, 5) is 9.81. The van der Waals surface area contributed by atoms with Crippen molar-refractivity contribution in [2.24, 2.45) is 0 Å². The van der Waals surface area contributed by atoms with E-state index in [1.165, 1.54) is 10.4 Å². The summed E-state index contributed by atoms with van der Waals surface area (Å²) >= 11 is 1.67. The first-order valence-corrected chi connectivity index (χ1v) is 9.16. The third-order valence-corrected chi connectivity index (χ3v) is 5.71. The van der Waals surface area contributed by atoms with Gasteiger partial charge >= 0.3 is 0 Å². The summed E-state index contributed by atoms with van der Waals surface area (Å²) in [6.07, 6.45) is 7.06. The van der Waals surface area contributed by atoms with Gasteiger partial charge in [-0.3, -0.25) is 10.1 Å². The van der Waals surface area contributed by atoms with Crippen molar-refractivity contribution in [1.29, 1.82) is 0 Å². The van der Waals surface area contributed by atoms with Gasteiger partial charge in [0, 0.05) is 28.8 Å². The van der Waals surface area contributed by atoms with Crippen LogP contribution >= 0.6 is 11.3 Å². The third kappa shape index (κ3) is 2.24. The predicted molar refractivity (Wildman–Crippen MR) is 98.7 cm³/mol. The maximum absolute atomic E-state index is 5.30. The lowest BCUT2D eigenvalue weighted by Crippen LogP contribution is -2.29. The predicted octanol–water partition coefficient (Wildman–Crippen LogP) is 3.78. The van der Waals surface area contributed by atoms with E-state index in [1.807, 2.05) is 17.8 Å². The fourth-order valence-corrected chi connectivity index (χ4v) is 4.33. The maximum atomic E-state index is 5.30. The number of thiazole rings is 1. The standard InChI is InChI=1S/C19H15N5OS/c1-12-21-18(25-24-12)17-14-7-8-19(9-15(14)22-23-17,16-10-20-11-26-16)13-5-3-2-4-6-13/h2-8,10-11H,9H2,1H3,(H,22,23). The van der Waals surface area contributed by atoms with Crippen LogP contribution in [0.15, 0.2) is 52.6 Å². The molecule has 3 heterocycles. The molecule has 5 rings (SSSR count). The average Bonchev–Trinajstić information content (AvgIpc) is 3.42. The average molecular weight is 361 g/mol. The lowest BCUT2D eigenvalue weighted by atomic mass is 9.72. The molecule has 0 saturated heterocycles. The van der Waals surface area contributed by atoms with E-state index < -0.39 is 0 Å². The van der Waals surface area contributed by atoms with Gasteiger partial charge in [0.15, 0.2) is 11.5 Å². The highest BCUT2D eigenvalue weighted by Gasteiger charge is 2.38. The van der Waals surface area contributed by atoms with Crippen LogP contribution in [0.3, 0.4) is 0 Å². The van der Waals surface area contributed by atoms with Gasteiger partial charge in [0.1, 0.15) is 0 Å². The molecule has 1 atom stereocenters. The lowest BCUT2D eigenvalue weighted by Gasteiger charge is -2.32. The first-order chi connectivity index (χ1) is 12.8. The molecule has 7 heteroatoms. The van der Waals surface area contributed by atoms with Crippen LogP contribution < -0.4 is 0 Å². The Hall–Kier alpha value is -3.06. The summed E-state index contributed by atoms with van der Waals surface area (Å²) in [5, 5.41) is 11.5. The number of aromatic amines is 1. The van der Waals surface area contributed by atoms with E-state index in [0.717, 1.165) is 17.7 Å². The largest absolute Gasteiger partial charge is 0.332 e. The van der Waals surface area contributed by atoms with E-state index in [4.69, 9.17) is 4.52 Å². The first kappa shape index (κ1) is 15.2. The molecule has 1 aromatic carbocycles. The zero-order valence-electron chi connectivity index (χ0n) is 14.0. The monoisotopic (exact) mass is 361 g/mol. The molecule has 0 fully saturated rings.